The second kappa shape index (κ2) is 10.9. The number of fused-ring (bicyclic) bond motifs is 1. The Labute approximate surface area is 205 Å². The number of carbonyl (C=O) groups excluding carboxylic acids is 1. The topological polar surface area (TPSA) is 45.2 Å². The Balaban J connectivity index is 1.12. The average Bonchev–Trinajstić information content (AvgIpc) is 3.36. The molecule has 2 heterocycles. The summed E-state index contributed by atoms with van der Waals surface area (Å²) >= 11 is 1.58. The highest BCUT2D eigenvalue weighted by atomic mass is 32.1. The maximum atomic E-state index is 12.7. The van der Waals surface area contributed by atoms with Crippen LogP contribution in [0, 0.1) is 5.92 Å². The Morgan fingerprint density at radius 2 is 1.82 bits per heavy atom. The van der Waals surface area contributed by atoms with Crippen LogP contribution < -0.4 is 5.32 Å². The molecule has 0 unspecified atom stereocenters. The first-order chi connectivity index (χ1) is 16.7. The Hall–Kier alpha value is -3.02. The van der Waals surface area contributed by atoms with E-state index in [-0.39, 0.29) is 5.91 Å². The Bertz CT molecular complexity index is 1230. The Morgan fingerprint density at radius 1 is 1.00 bits per heavy atom. The molecular formula is C29H31N3OS. The molecule has 5 heteroatoms. The zero-order chi connectivity index (χ0) is 23.2. The lowest BCUT2D eigenvalue weighted by Gasteiger charge is -2.33. The maximum absolute atomic E-state index is 12.7. The smallest absolute Gasteiger partial charge is 0.270 e. The fraction of sp³-hybridized carbons (Fsp3) is 0.310. The quantitative estimate of drug-likeness (QED) is 0.359. The molecule has 1 fully saturated rings. The van der Waals surface area contributed by atoms with E-state index in [0.717, 1.165) is 43.9 Å². The predicted octanol–water partition coefficient (Wildman–Crippen LogP) is 5.72. The fourth-order valence-electron chi connectivity index (χ4n) is 4.89. The van der Waals surface area contributed by atoms with Crippen molar-refractivity contribution in [2.45, 2.75) is 32.2 Å². The number of carbonyl (C=O) groups is 1. The second-order valence-electron chi connectivity index (χ2n) is 9.20. The molecule has 1 saturated heterocycles. The number of nitrogens with zero attached hydrogens (tertiary/aromatic N) is 2. The fourth-order valence-corrected chi connectivity index (χ4v) is 5.66. The normalized spacial score (nSPS) is 16.5. The van der Waals surface area contributed by atoms with E-state index in [1.807, 2.05) is 11.4 Å². The van der Waals surface area contributed by atoms with Crippen LogP contribution in [0.4, 0.5) is 0 Å². The van der Waals surface area contributed by atoms with Crippen molar-refractivity contribution < 1.29 is 4.79 Å². The second-order valence-corrected chi connectivity index (χ2v) is 10.1. The minimum atomic E-state index is -0.0478. The summed E-state index contributed by atoms with van der Waals surface area (Å²) in [4.78, 5) is 19.8. The Kier molecular flexibility index (Phi) is 7.32. The molecule has 0 spiro atoms. The summed E-state index contributed by atoms with van der Waals surface area (Å²) in [6, 6.07) is 25.6. The molecule has 5 rings (SSSR count). The van der Waals surface area contributed by atoms with E-state index in [2.05, 4.69) is 81.9 Å². The van der Waals surface area contributed by atoms with Gasteiger partial charge in [-0.15, -0.1) is 11.3 Å². The van der Waals surface area contributed by atoms with E-state index in [1.54, 1.807) is 11.3 Å². The maximum Gasteiger partial charge on any atom is 0.270 e. The summed E-state index contributed by atoms with van der Waals surface area (Å²) in [6.45, 7) is 3.80. The average molecular weight is 470 g/mol. The summed E-state index contributed by atoms with van der Waals surface area (Å²) in [7, 11) is 0. The largest absolute Gasteiger partial charge is 0.350 e. The van der Waals surface area contributed by atoms with Crippen LogP contribution in [0.2, 0.25) is 0 Å². The SMILES string of the molecule is O=C(NC[C@@H]1CCCN(Cc2cccc3ccccc23)C1)c1csc(CCc2ccccc2)n1. The minimum absolute atomic E-state index is 0.0478. The number of benzene rings is 3. The molecule has 1 amide bonds. The van der Waals surface area contributed by atoms with E-state index in [9.17, 15) is 4.79 Å². The highest BCUT2D eigenvalue weighted by molar-refractivity contribution is 7.09. The van der Waals surface area contributed by atoms with Crippen molar-refractivity contribution in [2.75, 3.05) is 19.6 Å². The van der Waals surface area contributed by atoms with Gasteiger partial charge in [-0.1, -0.05) is 72.8 Å². The highest BCUT2D eigenvalue weighted by Crippen LogP contribution is 2.23. The van der Waals surface area contributed by atoms with E-state index < -0.39 is 0 Å². The van der Waals surface area contributed by atoms with Crippen LogP contribution in [0.3, 0.4) is 0 Å². The van der Waals surface area contributed by atoms with Crippen molar-refractivity contribution in [3.63, 3.8) is 0 Å². The molecule has 0 saturated carbocycles. The third-order valence-corrected chi connectivity index (χ3v) is 7.59. The van der Waals surface area contributed by atoms with Crippen molar-refractivity contribution in [1.82, 2.24) is 15.2 Å². The van der Waals surface area contributed by atoms with Gasteiger partial charge in [-0.2, -0.15) is 0 Å². The van der Waals surface area contributed by atoms with Crippen LogP contribution in [-0.2, 0) is 19.4 Å². The molecule has 0 aliphatic carbocycles. The van der Waals surface area contributed by atoms with E-state index in [0.29, 0.717) is 18.2 Å². The molecule has 1 aromatic heterocycles. The molecule has 3 aromatic carbocycles. The van der Waals surface area contributed by atoms with Crippen molar-refractivity contribution in [3.05, 3.63) is 100 Å². The summed E-state index contributed by atoms with van der Waals surface area (Å²) in [5.41, 5.74) is 3.24. The van der Waals surface area contributed by atoms with Crippen LogP contribution in [0.25, 0.3) is 10.8 Å². The van der Waals surface area contributed by atoms with Crippen LogP contribution in [0.1, 0.15) is 39.5 Å². The number of amides is 1. The number of nitrogens with one attached hydrogen (secondary N) is 1. The number of hydrogen-bond acceptors (Lipinski definition) is 4. The van der Waals surface area contributed by atoms with Crippen LogP contribution in [0.15, 0.2) is 78.2 Å². The van der Waals surface area contributed by atoms with E-state index in [1.165, 1.54) is 28.3 Å². The number of aromatic nitrogens is 1. The van der Waals surface area contributed by atoms with E-state index in [4.69, 9.17) is 0 Å². The molecule has 1 aliphatic heterocycles. The van der Waals surface area contributed by atoms with Gasteiger partial charge < -0.3 is 5.32 Å². The molecule has 0 bridgehead atoms. The van der Waals surface area contributed by atoms with Crippen LogP contribution >= 0.6 is 11.3 Å². The number of aryl methyl sites for hydroxylation is 2. The predicted molar refractivity (Wildman–Crippen MR) is 140 cm³/mol. The molecule has 174 valence electrons. The summed E-state index contributed by atoms with van der Waals surface area (Å²) < 4.78 is 0. The number of thiazole rings is 1. The number of rotatable bonds is 8. The molecule has 34 heavy (non-hydrogen) atoms. The summed E-state index contributed by atoms with van der Waals surface area (Å²) in [5.74, 6) is 0.428. The van der Waals surface area contributed by atoms with Gasteiger partial charge in [0.1, 0.15) is 5.69 Å². The number of piperidine rings is 1. The molecule has 0 radical (unpaired) electrons. The van der Waals surface area contributed by atoms with Gasteiger partial charge in [0.05, 0.1) is 5.01 Å². The van der Waals surface area contributed by atoms with Crippen molar-refractivity contribution in [1.29, 1.82) is 0 Å². The van der Waals surface area contributed by atoms with Gasteiger partial charge >= 0.3 is 0 Å². The number of likely N-dealkylation sites (tertiary alicyclic amines) is 1. The first-order valence-electron chi connectivity index (χ1n) is 12.2. The monoisotopic (exact) mass is 469 g/mol. The molecule has 1 atom stereocenters. The van der Waals surface area contributed by atoms with Crippen molar-refractivity contribution >= 4 is 28.0 Å². The molecular weight excluding hydrogens is 438 g/mol. The standard InChI is InChI=1S/C29H31N3OS/c33-29(27-21-34-28(31-27)16-15-22-8-2-1-3-9-22)30-18-23-10-7-17-32(19-23)20-25-13-6-12-24-11-4-5-14-26(24)25/h1-6,8-9,11-14,21,23H,7,10,15-20H2,(H,30,33)/t23-/m0/s1. The molecule has 1 aliphatic rings. The van der Waals surface area contributed by atoms with Crippen molar-refractivity contribution in [3.8, 4) is 0 Å². The van der Waals surface area contributed by atoms with Crippen molar-refractivity contribution in [2.24, 2.45) is 5.92 Å². The van der Waals surface area contributed by atoms with Gasteiger partial charge in [-0.25, -0.2) is 4.98 Å². The third kappa shape index (κ3) is 5.72. The van der Waals surface area contributed by atoms with Crippen LogP contribution in [0.5, 0.6) is 0 Å². The third-order valence-electron chi connectivity index (χ3n) is 6.68. The lowest BCUT2D eigenvalue weighted by Crippen LogP contribution is -2.40. The molecule has 4 nitrogen and oxygen atoms in total. The zero-order valence-corrected chi connectivity index (χ0v) is 20.3. The lowest BCUT2D eigenvalue weighted by atomic mass is 9.96. The van der Waals surface area contributed by atoms with Gasteiger partial charge in [-0.3, -0.25) is 9.69 Å². The van der Waals surface area contributed by atoms with Crippen LogP contribution in [-0.4, -0.2) is 35.4 Å². The van der Waals surface area contributed by atoms with E-state index >= 15 is 0 Å². The van der Waals surface area contributed by atoms with Gasteiger partial charge in [0.15, 0.2) is 0 Å². The van der Waals surface area contributed by atoms with Gasteiger partial charge in [0.25, 0.3) is 5.91 Å². The lowest BCUT2D eigenvalue weighted by molar-refractivity contribution is 0.0926. The molecule has 1 N–H and O–H groups in total. The first-order valence-corrected chi connectivity index (χ1v) is 13.1. The van der Waals surface area contributed by atoms with Gasteiger partial charge in [0, 0.05) is 31.4 Å². The van der Waals surface area contributed by atoms with Gasteiger partial charge in [0.2, 0.25) is 0 Å². The minimum Gasteiger partial charge on any atom is -0.350 e. The summed E-state index contributed by atoms with van der Waals surface area (Å²) in [5, 5.41) is 8.70. The van der Waals surface area contributed by atoms with Gasteiger partial charge in [-0.05, 0) is 53.6 Å². The Morgan fingerprint density at radius 3 is 2.74 bits per heavy atom. The molecule has 4 aromatic rings. The summed E-state index contributed by atoms with van der Waals surface area (Å²) in [6.07, 6.45) is 4.15. The highest BCUT2D eigenvalue weighted by Gasteiger charge is 2.21. The zero-order valence-electron chi connectivity index (χ0n) is 19.5. The number of hydrogen-bond donors (Lipinski definition) is 1. The first kappa shape index (κ1) is 22.8.